The molecule has 4 heteroatoms. The Hall–Kier alpha value is -0.930. The summed E-state index contributed by atoms with van der Waals surface area (Å²) >= 11 is 5.91. The summed E-state index contributed by atoms with van der Waals surface area (Å²) in [5, 5.41) is 3.62. The monoisotopic (exact) mass is 269 g/mol. The van der Waals surface area contributed by atoms with Gasteiger partial charge in [0.2, 0.25) is 0 Å². The molecule has 0 atom stereocenters. The smallest absolute Gasteiger partial charge is 0.137 e. The largest absolute Gasteiger partial charge is 0.317 e. The number of hydrogen-bond donors (Lipinski definition) is 1. The minimum Gasteiger partial charge on any atom is -0.317 e. The van der Waals surface area contributed by atoms with Gasteiger partial charge in [0.25, 0.3) is 0 Å². The first-order valence-corrected chi connectivity index (χ1v) is 6.69. The second-order valence-corrected chi connectivity index (χ2v) is 5.26. The van der Waals surface area contributed by atoms with Gasteiger partial charge in [-0.2, -0.15) is 0 Å². The van der Waals surface area contributed by atoms with Crippen molar-refractivity contribution in [1.29, 1.82) is 0 Å². The first-order chi connectivity index (χ1) is 8.65. The highest BCUT2D eigenvalue weighted by Gasteiger charge is 2.17. The normalized spacial score (nSPS) is 16.8. The number of ketones is 1. The van der Waals surface area contributed by atoms with Gasteiger partial charge in [-0.3, -0.25) is 4.79 Å². The third-order valence-corrected chi connectivity index (χ3v) is 3.73. The Labute approximate surface area is 112 Å². The van der Waals surface area contributed by atoms with Crippen LogP contribution in [0.1, 0.15) is 24.8 Å². The van der Waals surface area contributed by atoms with Gasteiger partial charge in [-0.05, 0) is 49.5 Å². The van der Waals surface area contributed by atoms with E-state index in [1.54, 1.807) is 6.07 Å². The summed E-state index contributed by atoms with van der Waals surface area (Å²) in [5.41, 5.74) is 0.719. The van der Waals surface area contributed by atoms with Crippen LogP contribution in [0, 0.1) is 11.7 Å². The van der Waals surface area contributed by atoms with E-state index in [0.717, 1.165) is 31.5 Å². The Morgan fingerprint density at radius 3 is 2.78 bits per heavy atom. The minimum absolute atomic E-state index is 0.190. The number of piperidine rings is 1. The molecule has 1 saturated heterocycles. The minimum atomic E-state index is -0.366. The number of carbonyl (C=O) groups excluding carboxylic acids is 1. The lowest BCUT2D eigenvalue weighted by Gasteiger charge is -2.21. The molecule has 1 aliphatic rings. The maximum absolute atomic E-state index is 12.9. The number of nitrogens with one attached hydrogen (secondary N) is 1. The summed E-state index contributed by atoms with van der Waals surface area (Å²) in [5.74, 6) is 0.308. The zero-order chi connectivity index (χ0) is 13.0. The van der Waals surface area contributed by atoms with Gasteiger partial charge in [0.05, 0.1) is 0 Å². The molecule has 1 heterocycles. The average molecular weight is 270 g/mol. The van der Waals surface area contributed by atoms with Crippen LogP contribution in [0.2, 0.25) is 5.02 Å². The van der Waals surface area contributed by atoms with Crippen LogP contribution in [0.5, 0.6) is 0 Å². The summed E-state index contributed by atoms with van der Waals surface area (Å²) < 4.78 is 12.9. The maximum Gasteiger partial charge on any atom is 0.137 e. The second kappa shape index (κ2) is 6.30. The predicted octanol–water partition coefficient (Wildman–Crippen LogP) is 2.98. The Kier molecular flexibility index (Phi) is 4.72. The quantitative estimate of drug-likeness (QED) is 0.910. The molecule has 0 saturated carbocycles. The molecule has 18 heavy (non-hydrogen) atoms. The third kappa shape index (κ3) is 3.79. The number of hydrogen-bond acceptors (Lipinski definition) is 2. The highest BCUT2D eigenvalue weighted by molar-refractivity contribution is 6.31. The van der Waals surface area contributed by atoms with Crippen LogP contribution < -0.4 is 5.32 Å². The van der Waals surface area contributed by atoms with Crippen molar-refractivity contribution < 1.29 is 9.18 Å². The molecule has 0 spiro atoms. The average Bonchev–Trinajstić information content (AvgIpc) is 2.34. The highest BCUT2D eigenvalue weighted by Crippen LogP contribution is 2.21. The van der Waals surface area contributed by atoms with Crippen molar-refractivity contribution in [2.75, 3.05) is 13.1 Å². The molecular weight excluding hydrogens is 253 g/mol. The van der Waals surface area contributed by atoms with E-state index < -0.39 is 0 Å². The van der Waals surface area contributed by atoms with Crippen molar-refractivity contribution in [2.45, 2.75) is 25.7 Å². The summed E-state index contributed by atoms with van der Waals surface area (Å²) in [7, 11) is 0. The van der Waals surface area contributed by atoms with Crippen LogP contribution in [0.15, 0.2) is 18.2 Å². The zero-order valence-electron chi connectivity index (χ0n) is 10.2. The van der Waals surface area contributed by atoms with Gasteiger partial charge in [-0.25, -0.2) is 4.39 Å². The van der Waals surface area contributed by atoms with Crippen molar-refractivity contribution in [2.24, 2.45) is 5.92 Å². The molecule has 0 bridgehead atoms. The van der Waals surface area contributed by atoms with Crippen molar-refractivity contribution >= 4 is 17.4 Å². The molecule has 2 rings (SSSR count). The Morgan fingerprint density at radius 2 is 2.11 bits per heavy atom. The van der Waals surface area contributed by atoms with E-state index in [4.69, 9.17) is 11.6 Å². The lowest BCUT2D eigenvalue weighted by molar-refractivity contribution is -0.119. The fraction of sp³-hybridized carbons (Fsp3) is 0.500. The van der Waals surface area contributed by atoms with Crippen LogP contribution >= 0.6 is 11.6 Å². The van der Waals surface area contributed by atoms with Crippen molar-refractivity contribution in [3.8, 4) is 0 Å². The number of rotatable bonds is 4. The molecular formula is C14H17ClFNO. The molecule has 0 unspecified atom stereocenters. The molecule has 0 amide bonds. The Bertz CT molecular complexity index is 430. The second-order valence-electron chi connectivity index (χ2n) is 4.85. The van der Waals surface area contributed by atoms with Gasteiger partial charge < -0.3 is 5.32 Å². The summed E-state index contributed by atoms with van der Waals surface area (Å²) in [6.45, 7) is 1.99. The molecule has 1 aromatic carbocycles. The van der Waals surface area contributed by atoms with E-state index in [9.17, 15) is 9.18 Å². The molecule has 0 radical (unpaired) electrons. The van der Waals surface area contributed by atoms with E-state index in [2.05, 4.69) is 5.32 Å². The SMILES string of the molecule is O=C(Cc1ccc(F)cc1Cl)CC1CCNCC1. The van der Waals surface area contributed by atoms with Crippen LogP contribution in [0.25, 0.3) is 0 Å². The maximum atomic E-state index is 12.9. The highest BCUT2D eigenvalue weighted by atomic mass is 35.5. The molecule has 0 aliphatic carbocycles. The van der Waals surface area contributed by atoms with Crippen molar-refractivity contribution in [3.63, 3.8) is 0 Å². The topological polar surface area (TPSA) is 29.1 Å². The molecule has 1 aliphatic heterocycles. The number of benzene rings is 1. The van der Waals surface area contributed by atoms with Crippen LogP contribution in [-0.4, -0.2) is 18.9 Å². The Morgan fingerprint density at radius 1 is 1.39 bits per heavy atom. The lowest BCUT2D eigenvalue weighted by Crippen LogP contribution is -2.29. The third-order valence-electron chi connectivity index (χ3n) is 3.38. The first kappa shape index (κ1) is 13.5. The molecule has 0 aromatic heterocycles. The number of halogens is 2. The van der Waals surface area contributed by atoms with Crippen LogP contribution in [0.3, 0.4) is 0 Å². The van der Waals surface area contributed by atoms with E-state index in [1.807, 2.05) is 0 Å². The molecule has 2 nitrogen and oxygen atoms in total. The molecule has 1 N–H and O–H groups in total. The van der Waals surface area contributed by atoms with Crippen LogP contribution in [-0.2, 0) is 11.2 Å². The number of Topliss-reactive ketones (excluding diaryl/α,β-unsaturated/α-hetero) is 1. The Balaban J connectivity index is 1.90. The van der Waals surface area contributed by atoms with Crippen molar-refractivity contribution in [3.05, 3.63) is 34.6 Å². The predicted molar refractivity (Wildman–Crippen MR) is 70.3 cm³/mol. The van der Waals surface area contributed by atoms with Gasteiger partial charge in [0.15, 0.2) is 0 Å². The zero-order valence-corrected chi connectivity index (χ0v) is 11.0. The van der Waals surface area contributed by atoms with Gasteiger partial charge in [0, 0.05) is 17.9 Å². The van der Waals surface area contributed by atoms with Gasteiger partial charge >= 0.3 is 0 Å². The van der Waals surface area contributed by atoms with E-state index in [-0.39, 0.29) is 11.6 Å². The molecule has 98 valence electrons. The molecule has 1 aromatic rings. The number of carbonyl (C=O) groups is 1. The first-order valence-electron chi connectivity index (χ1n) is 6.31. The van der Waals surface area contributed by atoms with Crippen molar-refractivity contribution in [1.82, 2.24) is 5.32 Å². The summed E-state index contributed by atoms with van der Waals surface area (Å²) in [6, 6.07) is 4.20. The summed E-state index contributed by atoms with van der Waals surface area (Å²) in [4.78, 5) is 11.9. The molecule has 1 fully saturated rings. The summed E-state index contributed by atoms with van der Waals surface area (Å²) in [6.07, 6.45) is 3.03. The van der Waals surface area contributed by atoms with E-state index in [0.29, 0.717) is 23.8 Å². The van der Waals surface area contributed by atoms with E-state index in [1.165, 1.54) is 12.1 Å². The van der Waals surface area contributed by atoms with Crippen LogP contribution in [0.4, 0.5) is 4.39 Å². The van der Waals surface area contributed by atoms with E-state index >= 15 is 0 Å². The fourth-order valence-electron chi connectivity index (χ4n) is 2.36. The van der Waals surface area contributed by atoms with Gasteiger partial charge in [-0.15, -0.1) is 0 Å². The standard InChI is InChI=1S/C14H17ClFNO/c15-14-9-12(16)2-1-11(14)8-13(18)7-10-3-5-17-6-4-10/h1-2,9-10,17H,3-8H2. The van der Waals surface area contributed by atoms with Gasteiger partial charge in [0.1, 0.15) is 11.6 Å². The lowest BCUT2D eigenvalue weighted by atomic mass is 9.91. The van der Waals surface area contributed by atoms with Gasteiger partial charge in [-0.1, -0.05) is 17.7 Å². The fourth-order valence-corrected chi connectivity index (χ4v) is 2.59.